The highest BCUT2D eigenvalue weighted by atomic mass is 19.1. The van der Waals surface area contributed by atoms with Crippen LogP contribution in [-0.4, -0.2) is 45.3 Å². The molecule has 2 aliphatic heterocycles. The number of nitrogens with one attached hydrogen (secondary N) is 3. The van der Waals surface area contributed by atoms with Crippen LogP contribution < -0.4 is 14.7 Å². The lowest BCUT2D eigenvalue weighted by Crippen LogP contribution is -3.30. The van der Waals surface area contributed by atoms with Crippen molar-refractivity contribution in [1.82, 2.24) is 0 Å². The van der Waals surface area contributed by atoms with Gasteiger partial charge in [-0.25, -0.2) is 4.39 Å². The first-order valence-corrected chi connectivity index (χ1v) is 10.6. The molecule has 0 atom stereocenters. The number of rotatable bonds is 5. The van der Waals surface area contributed by atoms with Gasteiger partial charge < -0.3 is 14.7 Å². The van der Waals surface area contributed by atoms with Crippen LogP contribution in [0, 0.1) is 5.82 Å². The van der Waals surface area contributed by atoms with Crippen LogP contribution >= 0.6 is 0 Å². The van der Waals surface area contributed by atoms with Crippen molar-refractivity contribution >= 4 is 0 Å². The van der Waals surface area contributed by atoms with Crippen LogP contribution in [0.4, 0.5) is 4.39 Å². The third kappa shape index (κ3) is 4.95. The molecule has 3 N–H and O–H groups in total. The first-order chi connectivity index (χ1) is 13.3. The quantitative estimate of drug-likeness (QED) is 0.620. The Hall–Kier alpha value is -1.75. The highest BCUT2D eigenvalue weighted by Gasteiger charge is 2.33. The second-order valence-corrected chi connectivity index (χ2v) is 8.36. The fourth-order valence-corrected chi connectivity index (χ4v) is 4.92. The van der Waals surface area contributed by atoms with Gasteiger partial charge in [-0.1, -0.05) is 48.5 Å². The Labute approximate surface area is 162 Å². The van der Waals surface area contributed by atoms with Crippen LogP contribution in [-0.2, 0) is 13.1 Å². The summed E-state index contributed by atoms with van der Waals surface area (Å²) in [7, 11) is 0. The Morgan fingerprint density at radius 3 is 2.04 bits per heavy atom. The smallest absolute Gasteiger partial charge is 0.132 e. The second kappa shape index (κ2) is 8.96. The zero-order valence-electron chi connectivity index (χ0n) is 16.2. The molecule has 4 heteroatoms. The van der Waals surface area contributed by atoms with E-state index in [9.17, 15) is 4.39 Å². The van der Waals surface area contributed by atoms with Gasteiger partial charge in [-0.2, -0.15) is 0 Å². The molecule has 0 spiro atoms. The number of piperidine rings is 1. The van der Waals surface area contributed by atoms with Crippen molar-refractivity contribution in [3.63, 3.8) is 0 Å². The number of hydrogen-bond acceptors (Lipinski definition) is 0. The molecule has 0 bridgehead atoms. The molecule has 2 aliphatic rings. The molecule has 27 heavy (non-hydrogen) atoms. The maximum Gasteiger partial charge on any atom is 0.132 e. The van der Waals surface area contributed by atoms with Crippen LogP contribution in [0.25, 0.3) is 0 Å². The van der Waals surface area contributed by atoms with E-state index < -0.39 is 0 Å². The topological polar surface area (TPSA) is 13.3 Å². The van der Waals surface area contributed by atoms with Gasteiger partial charge in [0.15, 0.2) is 0 Å². The normalized spacial score (nSPS) is 28.8. The lowest BCUT2D eigenvalue weighted by molar-refractivity contribution is -1.04. The number of halogens is 1. The molecular weight excluding hydrogens is 337 g/mol. The first-order valence-electron chi connectivity index (χ1n) is 10.6. The van der Waals surface area contributed by atoms with Gasteiger partial charge in [0, 0.05) is 24.0 Å². The maximum atomic E-state index is 13.9. The minimum atomic E-state index is -0.0476. The molecule has 0 aliphatic carbocycles. The van der Waals surface area contributed by atoms with Crippen LogP contribution in [0.2, 0.25) is 0 Å². The van der Waals surface area contributed by atoms with E-state index in [4.69, 9.17) is 0 Å². The van der Waals surface area contributed by atoms with Gasteiger partial charge in [-0.05, 0) is 6.07 Å². The Bertz CT molecular complexity index is 705. The highest BCUT2D eigenvalue weighted by Crippen LogP contribution is 2.04. The summed E-state index contributed by atoms with van der Waals surface area (Å²) in [4.78, 5) is 5.07. The van der Waals surface area contributed by atoms with Gasteiger partial charge >= 0.3 is 0 Å². The van der Waals surface area contributed by atoms with Crippen LogP contribution in [0.5, 0.6) is 0 Å². The molecule has 2 aromatic rings. The minimum absolute atomic E-state index is 0.0476. The lowest BCUT2D eigenvalue weighted by Gasteiger charge is -2.37. The fourth-order valence-electron chi connectivity index (χ4n) is 4.92. The SMILES string of the molecule is Fc1ccccc1C[NH+]1CC[NH+](C2CC[NH+](Cc3ccccc3)CC2)CC1. The van der Waals surface area contributed by atoms with Crippen molar-refractivity contribution in [2.24, 2.45) is 0 Å². The average molecular weight is 371 g/mol. The monoisotopic (exact) mass is 370 g/mol. The second-order valence-electron chi connectivity index (χ2n) is 8.36. The summed E-state index contributed by atoms with van der Waals surface area (Å²) in [6, 6.07) is 19.0. The molecule has 2 heterocycles. The Balaban J connectivity index is 1.21. The van der Waals surface area contributed by atoms with Crippen molar-refractivity contribution in [3.8, 4) is 0 Å². The van der Waals surface area contributed by atoms with Crippen molar-refractivity contribution in [3.05, 3.63) is 71.5 Å². The average Bonchev–Trinajstić information content (AvgIpc) is 2.72. The van der Waals surface area contributed by atoms with Crippen molar-refractivity contribution in [2.75, 3.05) is 39.3 Å². The highest BCUT2D eigenvalue weighted by molar-refractivity contribution is 5.16. The maximum absolute atomic E-state index is 13.9. The number of benzene rings is 2. The molecule has 144 valence electrons. The van der Waals surface area contributed by atoms with E-state index in [2.05, 4.69) is 30.3 Å². The molecule has 3 nitrogen and oxygen atoms in total. The predicted molar refractivity (Wildman–Crippen MR) is 105 cm³/mol. The Morgan fingerprint density at radius 2 is 1.33 bits per heavy atom. The van der Waals surface area contributed by atoms with Crippen LogP contribution in [0.3, 0.4) is 0 Å². The molecule has 4 rings (SSSR count). The summed E-state index contributed by atoms with van der Waals surface area (Å²) in [6.07, 6.45) is 2.69. The summed E-state index contributed by atoms with van der Waals surface area (Å²) >= 11 is 0. The number of quaternary nitrogens is 3. The van der Waals surface area contributed by atoms with E-state index >= 15 is 0 Å². The predicted octanol–water partition coefficient (Wildman–Crippen LogP) is -0.643. The third-order valence-corrected chi connectivity index (χ3v) is 6.56. The summed E-state index contributed by atoms with van der Waals surface area (Å²) in [5.41, 5.74) is 2.33. The Kier molecular flexibility index (Phi) is 6.17. The van der Waals surface area contributed by atoms with E-state index in [1.807, 2.05) is 12.1 Å². The number of hydrogen-bond donors (Lipinski definition) is 3. The lowest BCUT2D eigenvalue weighted by atomic mass is 10.0. The van der Waals surface area contributed by atoms with E-state index in [1.54, 1.807) is 21.9 Å². The van der Waals surface area contributed by atoms with E-state index in [1.165, 1.54) is 69.1 Å². The number of piperazine rings is 1. The molecule has 0 amide bonds. The van der Waals surface area contributed by atoms with Crippen LogP contribution in [0.15, 0.2) is 54.6 Å². The summed E-state index contributed by atoms with van der Waals surface area (Å²) in [6.45, 7) is 9.42. The molecule has 0 unspecified atom stereocenters. The summed E-state index contributed by atoms with van der Waals surface area (Å²) in [5.74, 6) is -0.0476. The largest absolute Gasteiger partial charge is 0.331 e. The first kappa shape index (κ1) is 18.6. The summed E-state index contributed by atoms with van der Waals surface area (Å²) in [5, 5.41) is 0. The van der Waals surface area contributed by atoms with Crippen LogP contribution in [0.1, 0.15) is 24.0 Å². The van der Waals surface area contributed by atoms with Crippen molar-refractivity contribution < 1.29 is 19.1 Å². The fraction of sp³-hybridized carbons (Fsp3) is 0.478. The zero-order chi connectivity index (χ0) is 18.5. The van der Waals surface area contributed by atoms with Gasteiger partial charge in [0.25, 0.3) is 0 Å². The van der Waals surface area contributed by atoms with Gasteiger partial charge in [0.2, 0.25) is 0 Å². The molecule has 0 saturated carbocycles. The molecule has 0 radical (unpaired) electrons. The standard InChI is InChI=1S/C23H30FN3/c24-23-9-5-4-8-21(23)19-26-14-16-27(17-15-26)22-10-12-25(13-11-22)18-20-6-2-1-3-7-20/h1-9,22H,10-19H2/p+3. The molecular formula is C23H33FN3+3. The molecule has 2 aromatic carbocycles. The Morgan fingerprint density at radius 1 is 0.704 bits per heavy atom. The van der Waals surface area contributed by atoms with Gasteiger partial charge in [-0.3, -0.25) is 0 Å². The van der Waals surface area contributed by atoms with Gasteiger partial charge in [0.05, 0.1) is 19.1 Å². The molecule has 0 aromatic heterocycles. The van der Waals surface area contributed by atoms with Gasteiger partial charge in [-0.15, -0.1) is 0 Å². The molecule has 2 fully saturated rings. The van der Waals surface area contributed by atoms with Gasteiger partial charge in [0.1, 0.15) is 45.1 Å². The zero-order valence-corrected chi connectivity index (χ0v) is 16.2. The number of likely N-dealkylation sites (tertiary alicyclic amines) is 1. The summed E-state index contributed by atoms with van der Waals surface area (Å²) < 4.78 is 13.9. The van der Waals surface area contributed by atoms with Crippen molar-refractivity contribution in [1.29, 1.82) is 0 Å². The van der Waals surface area contributed by atoms with Crippen molar-refractivity contribution in [2.45, 2.75) is 32.0 Å². The van der Waals surface area contributed by atoms with E-state index in [0.717, 1.165) is 18.2 Å². The van der Waals surface area contributed by atoms with E-state index in [-0.39, 0.29) is 5.82 Å². The van der Waals surface area contributed by atoms with E-state index in [0.29, 0.717) is 0 Å². The minimum Gasteiger partial charge on any atom is -0.331 e. The molecule has 2 saturated heterocycles. The third-order valence-electron chi connectivity index (χ3n) is 6.56.